The van der Waals surface area contributed by atoms with E-state index in [9.17, 15) is 9.59 Å². The highest BCUT2D eigenvalue weighted by atomic mass is 16.5. The van der Waals surface area contributed by atoms with Gasteiger partial charge in [-0.25, -0.2) is 4.79 Å². The summed E-state index contributed by atoms with van der Waals surface area (Å²) in [5, 5.41) is 11.7. The van der Waals surface area contributed by atoms with Gasteiger partial charge in [0.25, 0.3) is 0 Å². The number of nitrogens with one attached hydrogen (secondary N) is 1. The number of esters is 1. The van der Waals surface area contributed by atoms with Gasteiger partial charge in [-0.2, -0.15) is 5.26 Å². The average molecular weight is 347 g/mol. The fraction of sp³-hybridized carbons (Fsp3) is 0.250. The SMILES string of the molecule is N#Cc1ccc(COC(=O)c2ccc3c(c2)NC(=O)[C@H]2CCCN32)cc1. The van der Waals surface area contributed by atoms with E-state index in [-0.39, 0.29) is 18.6 Å². The van der Waals surface area contributed by atoms with E-state index in [4.69, 9.17) is 10.00 Å². The number of nitrogens with zero attached hydrogens (tertiary/aromatic N) is 2. The highest BCUT2D eigenvalue weighted by Gasteiger charge is 2.36. The van der Waals surface area contributed by atoms with Crippen LogP contribution in [0.2, 0.25) is 0 Å². The molecule has 4 rings (SSSR count). The molecule has 26 heavy (non-hydrogen) atoms. The van der Waals surface area contributed by atoms with Crippen LogP contribution < -0.4 is 10.2 Å². The van der Waals surface area contributed by atoms with Crippen LogP contribution in [-0.4, -0.2) is 24.5 Å². The first kappa shape index (κ1) is 16.2. The molecule has 130 valence electrons. The number of fused-ring (bicyclic) bond motifs is 3. The molecule has 1 N–H and O–H groups in total. The fourth-order valence-electron chi connectivity index (χ4n) is 3.46. The quantitative estimate of drug-likeness (QED) is 0.864. The van der Waals surface area contributed by atoms with Crippen molar-refractivity contribution in [2.24, 2.45) is 0 Å². The van der Waals surface area contributed by atoms with Gasteiger partial charge in [-0.3, -0.25) is 4.79 Å². The van der Waals surface area contributed by atoms with Crippen molar-refractivity contribution in [3.8, 4) is 6.07 Å². The molecule has 2 aromatic carbocycles. The summed E-state index contributed by atoms with van der Waals surface area (Å²) in [5.41, 5.74) is 3.38. The van der Waals surface area contributed by atoms with Gasteiger partial charge in [0, 0.05) is 6.54 Å². The smallest absolute Gasteiger partial charge is 0.338 e. The minimum atomic E-state index is -0.449. The first-order valence-corrected chi connectivity index (χ1v) is 8.53. The number of anilines is 2. The van der Waals surface area contributed by atoms with Gasteiger partial charge in [-0.05, 0) is 48.7 Å². The molecule has 0 aromatic heterocycles. The number of nitriles is 1. The molecule has 1 saturated heterocycles. The van der Waals surface area contributed by atoms with Crippen LogP contribution in [-0.2, 0) is 16.1 Å². The Morgan fingerprint density at radius 3 is 2.85 bits per heavy atom. The van der Waals surface area contributed by atoms with Gasteiger partial charge < -0.3 is 15.0 Å². The van der Waals surface area contributed by atoms with E-state index in [0.717, 1.165) is 30.6 Å². The topological polar surface area (TPSA) is 82.4 Å². The molecule has 2 aliphatic heterocycles. The largest absolute Gasteiger partial charge is 0.457 e. The number of ether oxygens (including phenoxy) is 1. The van der Waals surface area contributed by atoms with Crippen LogP contribution in [0.5, 0.6) is 0 Å². The molecule has 0 aliphatic carbocycles. The molecule has 1 amide bonds. The van der Waals surface area contributed by atoms with Crippen molar-refractivity contribution in [3.63, 3.8) is 0 Å². The molecule has 0 radical (unpaired) electrons. The minimum absolute atomic E-state index is 0.0156. The Labute approximate surface area is 151 Å². The van der Waals surface area contributed by atoms with E-state index in [1.54, 1.807) is 36.4 Å². The normalized spacial score (nSPS) is 17.7. The lowest BCUT2D eigenvalue weighted by molar-refractivity contribution is -0.117. The third-order valence-electron chi connectivity index (χ3n) is 4.81. The van der Waals surface area contributed by atoms with E-state index >= 15 is 0 Å². The second-order valence-electron chi connectivity index (χ2n) is 6.46. The van der Waals surface area contributed by atoms with Crippen LogP contribution in [0.1, 0.15) is 34.3 Å². The van der Waals surface area contributed by atoms with Gasteiger partial charge in [0.15, 0.2) is 0 Å². The molecular formula is C20H17N3O3. The maximum absolute atomic E-state index is 12.3. The Morgan fingerprint density at radius 2 is 2.08 bits per heavy atom. The summed E-state index contributed by atoms with van der Waals surface area (Å²) < 4.78 is 5.34. The van der Waals surface area contributed by atoms with Crippen molar-refractivity contribution in [3.05, 3.63) is 59.2 Å². The molecule has 1 atom stereocenters. The Morgan fingerprint density at radius 1 is 1.27 bits per heavy atom. The minimum Gasteiger partial charge on any atom is -0.457 e. The molecule has 6 heteroatoms. The lowest BCUT2D eigenvalue weighted by atomic mass is 10.1. The second kappa shape index (κ2) is 6.52. The molecule has 0 bridgehead atoms. The summed E-state index contributed by atoms with van der Waals surface area (Å²) in [4.78, 5) is 26.6. The molecular weight excluding hydrogens is 330 g/mol. The summed E-state index contributed by atoms with van der Waals surface area (Å²) >= 11 is 0. The molecule has 2 aliphatic rings. The van der Waals surface area contributed by atoms with Crippen molar-refractivity contribution in [1.29, 1.82) is 5.26 Å². The van der Waals surface area contributed by atoms with Crippen LogP contribution in [0.4, 0.5) is 11.4 Å². The summed E-state index contributed by atoms with van der Waals surface area (Å²) in [6.45, 7) is 0.982. The van der Waals surface area contributed by atoms with Gasteiger partial charge in [-0.1, -0.05) is 12.1 Å². The predicted octanol–water partition coefficient (Wildman–Crippen LogP) is 2.84. The Kier molecular flexibility index (Phi) is 4.05. The lowest BCUT2D eigenvalue weighted by Gasteiger charge is -2.33. The molecule has 2 aromatic rings. The molecule has 2 heterocycles. The standard InChI is InChI=1S/C20H17N3O3/c21-11-13-3-5-14(6-4-13)12-26-20(25)15-7-8-17-16(10-15)22-19(24)18-2-1-9-23(17)18/h3-8,10,18H,1-2,9,12H2,(H,22,24)/t18-/m1/s1. The third kappa shape index (κ3) is 2.88. The van der Waals surface area contributed by atoms with Crippen LogP contribution in [0.15, 0.2) is 42.5 Å². The lowest BCUT2D eigenvalue weighted by Crippen LogP contribution is -2.43. The molecule has 6 nitrogen and oxygen atoms in total. The zero-order valence-corrected chi connectivity index (χ0v) is 14.1. The van der Waals surface area contributed by atoms with Gasteiger partial charge in [-0.15, -0.1) is 0 Å². The molecule has 0 saturated carbocycles. The first-order valence-electron chi connectivity index (χ1n) is 8.53. The zero-order valence-electron chi connectivity index (χ0n) is 14.1. The zero-order chi connectivity index (χ0) is 18.1. The third-order valence-corrected chi connectivity index (χ3v) is 4.81. The average Bonchev–Trinajstić information content (AvgIpc) is 3.17. The number of hydrogen-bond donors (Lipinski definition) is 1. The second-order valence-corrected chi connectivity index (χ2v) is 6.46. The monoisotopic (exact) mass is 347 g/mol. The number of amides is 1. The van der Waals surface area contributed by atoms with Gasteiger partial charge in [0.2, 0.25) is 5.91 Å². The van der Waals surface area contributed by atoms with E-state index in [0.29, 0.717) is 16.8 Å². The molecule has 0 unspecified atom stereocenters. The van der Waals surface area contributed by atoms with Crippen LogP contribution in [0.3, 0.4) is 0 Å². The van der Waals surface area contributed by atoms with E-state index in [1.165, 1.54) is 0 Å². The van der Waals surface area contributed by atoms with E-state index in [2.05, 4.69) is 10.2 Å². The first-order chi connectivity index (χ1) is 12.7. The van der Waals surface area contributed by atoms with Crippen LogP contribution in [0, 0.1) is 11.3 Å². The summed E-state index contributed by atoms with van der Waals surface area (Å²) in [5.74, 6) is -0.465. The number of rotatable bonds is 3. The maximum Gasteiger partial charge on any atom is 0.338 e. The number of hydrogen-bond acceptors (Lipinski definition) is 5. The number of benzene rings is 2. The molecule has 1 fully saturated rings. The van der Waals surface area contributed by atoms with Crippen molar-refractivity contribution in [1.82, 2.24) is 0 Å². The number of carbonyl (C=O) groups excluding carboxylic acids is 2. The Balaban J connectivity index is 1.48. The van der Waals surface area contributed by atoms with Gasteiger partial charge in [0.05, 0.1) is 28.6 Å². The van der Waals surface area contributed by atoms with Crippen molar-refractivity contribution < 1.29 is 14.3 Å². The van der Waals surface area contributed by atoms with E-state index in [1.807, 2.05) is 12.1 Å². The highest BCUT2D eigenvalue weighted by molar-refractivity contribution is 6.05. The number of carbonyl (C=O) groups is 2. The van der Waals surface area contributed by atoms with Crippen molar-refractivity contribution >= 4 is 23.3 Å². The fourth-order valence-corrected chi connectivity index (χ4v) is 3.46. The molecule has 0 spiro atoms. The maximum atomic E-state index is 12.3. The summed E-state index contributed by atoms with van der Waals surface area (Å²) in [6, 6.07) is 14.1. The summed E-state index contributed by atoms with van der Waals surface area (Å²) in [6.07, 6.45) is 1.85. The van der Waals surface area contributed by atoms with Gasteiger partial charge >= 0.3 is 5.97 Å². The van der Waals surface area contributed by atoms with Gasteiger partial charge in [0.1, 0.15) is 12.6 Å². The highest BCUT2D eigenvalue weighted by Crippen LogP contribution is 2.37. The predicted molar refractivity (Wildman–Crippen MR) is 95.7 cm³/mol. The van der Waals surface area contributed by atoms with Crippen LogP contribution in [0.25, 0.3) is 0 Å². The van der Waals surface area contributed by atoms with Crippen molar-refractivity contribution in [2.75, 3.05) is 16.8 Å². The summed E-state index contributed by atoms with van der Waals surface area (Å²) in [7, 11) is 0. The van der Waals surface area contributed by atoms with Crippen molar-refractivity contribution in [2.45, 2.75) is 25.5 Å². The van der Waals surface area contributed by atoms with Crippen LogP contribution >= 0.6 is 0 Å². The van der Waals surface area contributed by atoms with E-state index < -0.39 is 5.97 Å². The Bertz CT molecular complexity index is 915. The Hall–Kier alpha value is -3.33.